The van der Waals surface area contributed by atoms with E-state index in [1.165, 1.54) is 5.56 Å². The Morgan fingerprint density at radius 1 is 1.20 bits per heavy atom. The zero-order chi connectivity index (χ0) is 17.5. The van der Waals surface area contributed by atoms with Gasteiger partial charge in [-0.3, -0.25) is 4.79 Å². The molecule has 25 heavy (non-hydrogen) atoms. The topological polar surface area (TPSA) is 67.8 Å². The molecule has 1 heterocycles. The average molecular weight is 341 g/mol. The molecule has 0 spiro atoms. The van der Waals surface area contributed by atoms with Gasteiger partial charge in [0.15, 0.2) is 0 Å². The first kappa shape index (κ1) is 17.5. The minimum atomic E-state index is -0.567. The van der Waals surface area contributed by atoms with Crippen LogP contribution >= 0.6 is 0 Å². The maximum Gasteiger partial charge on any atom is 0.251 e. The van der Waals surface area contributed by atoms with Gasteiger partial charge in [0, 0.05) is 18.6 Å². The highest BCUT2D eigenvalue weighted by molar-refractivity contribution is 5.94. The Labute approximate surface area is 147 Å². The van der Waals surface area contributed by atoms with Crippen LogP contribution in [0.1, 0.15) is 22.3 Å². The van der Waals surface area contributed by atoms with Gasteiger partial charge in [0.05, 0.1) is 25.4 Å². The van der Waals surface area contributed by atoms with Crippen molar-refractivity contribution >= 4 is 5.91 Å². The van der Waals surface area contributed by atoms with Crippen molar-refractivity contribution in [2.45, 2.75) is 25.0 Å². The zero-order valence-electron chi connectivity index (χ0n) is 14.1. The number of hydrogen-bond acceptors (Lipinski definition) is 4. The van der Waals surface area contributed by atoms with Crippen LogP contribution in [0.15, 0.2) is 54.6 Å². The predicted octanol–water partition coefficient (Wildman–Crippen LogP) is 2.19. The molecule has 2 aromatic rings. The van der Waals surface area contributed by atoms with Gasteiger partial charge in [0.25, 0.3) is 5.91 Å². The van der Waals surface area contributed by atoms with Crippen molar-refractivity contribution in [3.63, 3.8) is 0 Å². The Kier molecular flexibility index (Phi) is 6.04. The fourth-order valence-corrected chi connectivity index (χ4v) is 2.77. The van der Waals surface area contributed by atoms with E-state index in [9.17, 15) is 9.90 Å². The van der Waals surface area contributed by atoms with Crippen molar-refractivity contribution in [3.05, 3.63) is 65.7 Å². The largest absolute Gasteiger partial charge is 0.493 e. The molecule has 5 nitrogen and oxygen atoms in total. The van der Waals surface area contributed by atoms with E-state index < -0.39 is 6.10 Å². The molecule has 3 rings (SSSR count). The van der Waals surface area contributed by atoms with E-state index in [1.807, 2.05) is 24.3 Å². The van der Waals surface area contributed by atoms with Crippen molar-refractivity contribution in [1.29, 1.82) is 0 Å². The van der Waals surface area contributed by atoms with Crippen LogP contribution in [0.2, 0.25) is 0 Å². The van der Waals surface area contributed by atoms with Gasteiger partial charge in [0.1, 0.15) is 5.75 Å². The summed E-state index contributed by atoms with van der Waals surface area (Å²) in [5.74, 6) is 0.423. The molecule has 0 aromatic heterocycles. The van der Waals surface area contributed by atoms with E-state index in [4.69, 9.17) is 9.47 Å². The molecular formula is C20H23NO4. The van der Waals surface area contributed by atoms with E-state index in [0.29, 0.717) is 37.6 Å². The third-order valence-electron chi connectivity index (χ3n) is 4.23. The Hall–Kier alpha value is -2.37. The third-order valence-corrected chi connectivity index (χ3v) is 4.23. The van der Waals surface area contributed by atoms with Gasteiger partial charge in [-0.1, -0.05) is 36.4 Å². The molecule has 2 aromatic carbocycles. The maximum atomic E-state index is 12.4. The van der Waals surface area contributed by atoms with Crippen LogP contribution in [0.3, 0.4) is 0 Å². The fraction of sp³-hybridized carbons (Fsp3) is 0.350. The van der Waals surface area contributed by atoms with E-state index in [0.717, 1.165) is 6.42 Å². The predicted molar refractivity (Wildman–Crippen MR) is 94.8 cm³/mol. The minimum Gasteiger partial charge on any atom is -0.493 e. The zero-order valence-corrected chi connectivity index (χ0v) is 14.1. The van der Waals surface area contributed by atoms with Gasteiger partial charge in [-0.15, -0.1) is 0 Å². The third kappa shape index (κ3) is 5.05. The van der Waals surface area contributed by atoms with Crippen molar-refractivity contribution in [1.82, 2.24) is 5.32 Å². The molecule has 5 heteroatoms. The Morgan fingerprint density at radius 3 is 2.84 bits per heavy atom. The van der Waals surface area contributed by atoms with Crippen molar-refractivity contribution in [2.24, 2.45) is 0 Å². The molecule has 0 saturated carbocycles. The highest BCUT2D eigenvalue weighted by Crippen LogP contribution is 2.15. The first-order valence-corrected chi connectivity index (χ1v) is 8.56. The number of aliphatic hydroxyl groups excluding tert-OH is 1. The molecular weight excluding hydrogens is 318 g/mol. The van der Waals surface area contributed by atoms with Gasteiger partial charge in [-0.25, -0.2) is 0 Å². The molecule has 1 aliphatic rings. The lowest BCUT2D eigenvalue weighted by Crippen LogP contribution is -2.49. The second-order valence-electron chi connectivity index (χ2n) is 6.12. The molecule has 0 aliphatic carbocycles. The van der Waals surface area contributed by atoms with E-state index in [2.05, 4.69) is 17.4 Å². The number of benzene rings is 2. The van der Waals surface area contributed by atoms with Crippen molar-refractivity contribution in [3.8, 4) is 5.75 Å². The normalized spacial score (nSPS) is 20.0. The van der Waals surface area contributed by atoms with Crippen molar-refractivity contribution in [2.75, 3.05) is 19.8 Å². The number of nitrogens with one attached hydrogen (secondary N) is 1. The second kappa shape index (κ2) is 8.65. The average Bonchev–Trinajstić information content (AvgIpc) is 2.65. The molecule has 1 aliphatic heterocycles. The summed E-state index contributed by atoms with van der Waals surface area (Å²) < 4.78 is 11.1. The summed E-state index contributed by atoms with van der Waals surface area (Å²) in [6.45, 7) is 1.41. The number of carbonyl (C=O) groups excluding carboxylic acids is 1. The van der Waals surface area contributed by atoms with Gasteiger partial charge in [-0.05, 0) is 30.2 Å². The van der Waals surface area contributed by atoms with E-state index >= 15 is 0 Å². The summed E-state index contributed by atoms with van der Waals surface area (Å²) >= 11 is 0. The van der Waals surface area contributed by atoms with Gasteiger partial charge in [0.2, 0.25) is 0 Å². The van der Waals surface area contributed by atoms with E-state index in [-0.39, 0.29) is 11.9 Å². The molecule has 1 saturated heterocycles. The molecule has 0 unspecified atom stereocenters. The number of hydrogen-bond donors (Lipinski definition) is 2. The lowest BCUT2D eigenvalue weighted by Gasteiger charge is -2.28. The first-order valence-electron chi connectivity index (χ1n) is 8.56. The summed E-state index contributed by atoms with van der Waals surface area (Å²) in [5.41, 5.74) is 1.72. The van der Waals surface area contributed by atoms with Gasteiger partial charge in [-0.2, -0.15) is 0 Å². The lowest BCUT2D eigenvalue weighted by molar-refractivity contribution is -0.0140. The molecule has 0 radical (unpaired) electrons. The number of amides is 1. The number of carbonyl (C=O) groups is 1. The van der Waals surface area contributed by atoms with Crippen LogP contribution < -0.4 is 10.1 Å². The number of rotatable bonds is 6. The second-order valence-corrected chi connectivity index (χ2v) is 6.12. The van der Waals surface area contributed by atoms with Crippen LogP contribution in [0.5, 0.6) is 5.75 Å². The van der Waals surface area contributed by atoms with Crippen LogP contribution in [0, 0.1) is 0 Å². The quantitative estimate of drug-likeness (QED) is 0.845. The first-order chi connectivity index (χ1) is 12.2. The summed E-state index contributed by atoms with van der Waals surface area (Å²) in [4.78, 5) is 12.4. The van der Waals surface area contributed by atoms with Gasteiger partial charge >= 0.3 is 0 Å². The minimum absolute atomic E-state index is 0.233. The summed E-state index contributed by atoms with van der Waals surface area (Å²) in [7, 11) is 0. The molecule has 132 valence electrons. The molecule has 1 amide bonds. The van der Waals surface area contributed by atoms with Gasteiger partial charge < -0.3 is 19.9 Å². The summed E-state index contributed by atoms with van der Waals surface area (Å²) in [6.07, 6.45) is 0.777. The Morgan fingerprint density at radius 2 is 2.04 bits per heavy atom. The van der Waals surface area contributed by atoms with Crippen LogP contribution in [-0.2, 0) is 11.2 Å². The lowest BCUT2D eigenvalue weighted by atomic mass is 10.1. The monoisotopic (exact) mass is 341 g/mol. The highest BCUT2D eigenvalue weighted by atomic mass is 16.5. The standard InChI is InChI=1S/C20H23NO4/c22-19-10-11-24-14-18(19)21-20(23)16-7-4-8-17(13-16)25-12-9-15-5-2-1-3-6-15/h1-8,13,18-19,22H,9-12,14H2,(H,21,23)/t18-,19-/m1/s1. The van der Waals surface area contributed by atoms with E-state index in [1.54, 1.807) is 18.2 Å². The smallest absolute Gasteiger partial charge is 0.251 e. The summed E-state index contributed by atoms with van der Waals surface area (Å²) in [5, 5.41) is 12.7. The Balaban J connectivity index is 1.54. The maximum absolute atomic E-state index is 12.4. The molecule has 0 bridgehead atoms. The fourth-order valence-electron chi connectivity index (χ4n) is 2.77. The number of aliphatic hydroxyl groups is 1. The molecule has 2 atom stereocenters. The van der Waals surface area contributed by atoms with Crippen LogP contribution in [0.25, 0.3) is 0 Å². The van der Waals surface area contributed by atoms with Crippen LogP contribution in [-0.4, -0.2) is 43.0 Å². The highest BCUT2D eigenvalue weighted by Gasteiger charge is 2.25. The molecule has 1 fully saturated rings. The van der Waals surface area contributed by atoms with Crippen LogP contribution in [0.4, 0.5) is 0 Å². The molecule has 2 N–H and O–H groups in total. The Bertz CT molecular complexity index is 689. The SMILES string of the molecule is O=C(N[C@@H]1COCC[C@H]1O)c1cccc(OCCc2ccccc2)c1. The number of ether oxygens (including phenoxy) is 2. The summed E-state index contributed by atoms with van der Waals surface area (Å²) in [6, 6.07) is 16.8. The van der Waals surface area contributed by atoms with Crippen molar-refractivity contribution < 1.29 is 19.4 Å².